The Bertz CT molecular complexity index is 684. The molecule has 1 aliphatic heterocycles. The maximum absolute atomic E-state index is 12.7. The molecule has 3 rings (SSSR count). The molecule has 0 saturated carbocycles. The van der Waals surface area contributed by atoms with Crippen LogP contribution in [0.1, 0.15) is 39.0 Å². The van der Waals surface area contributed by atoms with Gasteiger partial charge in [-0.05, 0) is 56.2 Å². The van der Waals surface area contributed by atoms with E-state index in [9.17, 15) is 13.6 Å². The minimum Gasteiger partial charge on any atom is -0.435 e. The van der Waals surface area contributed by atoms with Gasteiger partial charge in [-0.2, -0.15) is 8.78 Å². The van der Waals surface area contributed by atoms with Gasteiger partial charge in [-0.3, -0.25) is 4.79 Å². The first-order valence-electron chi connectivity index (χ1n) is 7.47. The Kier molecular flexibility index (Phi) is 4.61. The van der Waals surface area contributed by atoms with Crippen LogP contribution in [0.5, 0.6) is 5.75 Å². The summed E-state index contributed by atoms with van der Waals surface area (Å²) < 4.78 is 28.7. The van der Waals surface area contributed by atoms with E-state index in [1.807, 2.05) is 4.90 Å². The quantitative estimate of drug-likeness (QED) is 0.814. The SMILES string of the molecule is Cc1ccc(C2CCCN2C(=O)c2ccc(OC(F)F)cc2)s1. The average Bonchev–Trinajstić information content (AvgIpc) is 3.15. The predicted molar refractivity (Wildman–Crippen MR) is 85.1 cm³/mol. The molecule has 0 bridgehead atoms. The first-order chi connectivity index (χ1) is 11.0. The summed E-state index contributed by atoms with van der Waals surface area (Å²) in [4.78, 5) is 17.0. The summed E-state index contributed by atoms with van der Waals surface area (Å²) >= 11 is 1.71. The van der Waals surface area contributed by atoms with Crippen LogP contribution >= 0.6 is 11.3 Å². The van der Waals surface area contributed by atoms with Crippen molar-refractivity contribution < 1.29 is 18.3 Å². The number of nitrogens with zero attached hydrogens (tertiary/aromatic N) is 1. The molecule has 0 aliphatic carbocycles. The number of thiophene rings is 1. The van der Waals surface area contributed by atoms with Gasteiger partial charge in [-0.25, -0.2) is 0 Å². The number of benzene rings is 1. The number of alkyl halides is 2. The lowest BCUT2D eigenvalue weighted by Crippen LogP contribution is -2.30. The van der Waals surface area contributed by atoms with Crippen molar-refractivity contribution in [2.24, 2.45) is 0 Å². The second-order valence-corrected chi connectivity index (χ2v) is 6.83. The van der Waals surface area contributed by atoms with E-state index in [1.54, 1.807) is 11.3 Å². The Morgan fingerprint density at radius 2 is 2.00 bits per heavy atom. The van der Waals surface area contributed by atoms with Gasteiger partial charge >= 0.3 is 6.61 Å². The van der Waals surface area contributed by atoms with Gasteiger partial charge in [-0.15, -0.1) is 11.3 Å². The molecule has 0 spiro atoms. The number of likely N-dealkylation sites (tertiary alicyclic amines) is 1. The average molecular weight is 337 g/mol. The van der Waals surface area contributed by atoms with Crippen LogP contribution in [-0.4, -0.2) is 24.0 Å². The summed E-state index contributed by atoms with van der Waals surface area (Å²) in [6, 6.07) is 10.1. The Labute approximate surface area is 137 Å². The van der Waals surface area contributed by atoms with Gasteiger partial charge in [0.05, 0.1) is 6.04 Å². The molecule has 1 aliphatic rings. The van der Waals surface area contributed by atoms with Gasteiger partial charge < -0.3 is 9.64 Å². The largest absolute Gasteiger partial charge is 0.435 e. The van der Waals surface area contributed by atoms with E-state index in [0.29, 0.717) is 5.56 Å². The number of rotatable bonds is 4. The van der Waals surface area contributed by atoms with Gasteiger partial charge in [0.15, 0.2) is 0 Å². The second kappa shape index (κ2) is 6.66. The van der Waals surface area contributed by atoms with Gasteiger partial charge in [0.2, 0.25) is 0 Å². The van der Waals surface area contributed by atoms with E-state index in [1.165, 1.54) is 34.0 Å². The first kappa shape index (κ1) is 15.9. The molecular formula is C17H17F2NO2S. The highest BCUT2D eigenvalue weighted by Crippen LogP contribution is 2.36. The summed E-state index contributed by atoms with van der Waals surface area (Å²) in [5.74, 6) is -0.00875. The lowest BCUT2D eigenvalue weighted by Gasteiger charge is -2.24. The lowest BCUT2D eigenvalue weighted by atomic mass is 10.1. The molecule has 0 radical (unpaired) electrons. The van der Waals surface area contributed by atoms with Crippen LogP contribution in [-0.2, 0) is 0 Å². The smallest absolute Gasteiger partial charge is 0.387 e. The van der Waals surface area contributed by atoms with Crippen molar-refractivity contribution in [3.63, 3.8) is 0 Å². The molecule has 1 fully saturated rings. The number of amides is 1. The van der Waals surface area contributed by atoms with E-state index >= 15 is 0 Å². The fourth-order valence-corrected chi connectivity index (χ4v) is 3.91. The van der Waals surface area contributed by atoms with Gasteiger partial charge in [0.25, 0.3) is 5.91 Å². The van der Waals surface area contributed by atoms with Crippen molar-refractivity contribution >= 4 is 17.2 Å². The van der Waals surface area contributed by atoms with Crippen LogP contribution in [0.3, 0.4) is 0 Å². The third kappa shape index (κ3) is 3.52. The highest BCUT2D eigenvalue weighted by molar-refractivity contribution is 7.12. The third-order valence-electron chi connectivity index (χ3n) is 3.93. The zero-order valence-electron chi connectivity index (χ0n) is 12.7. The Balaban J connectivity index is 1.76. The van der Waals surface area contributed by atoms with Crippen LogP contribution in [0.4, 0.5) is 8.78 Å². The van der Waals surface area contributed by atoms with E-state index < -0.39 is 6.61 Å². The fourth-order valence-electron chi connectivity index (χ4n) is 2.88. The first-order valence-corrected chi connectivity index (χ1v) is 8.28. The number of hydrogen-bond donors (Lipinski definition) is 0. The molecule has 2 heterocycles. The predicted octanol–water partition coefficient (Wildman–Crippen LogP) is 4.64. The monoisotopic (exact) mass is 337 g/mol. The molecule has 1 aromatic heterocycles. The molecular weight excluding hydrogens is 320 g/mol. The molecule has 3 nitrogen and oxygen atoms in total. The second-order valence-electron chi connectivity index (χ2n) is 5.51. The maximum Gasteiger partial charge on any atom is 0.387 e. The maximum atomic E-state index is 12.7. The topological polar surface area (TPSA) is 29.5 Å². The van der Waals surface area contributed by atoms with E-state index in [-0.39, 0.29) is 17.7 Å². The minimum atomic E-state index is -2.86. The van der Waals surface area contributed by atoms with E-state index in [4.69, 9.17) is 0 Å². The number of hydrogen-bond acceptors (Lipinski definition) is 3. The summed E-state index contributed by atoms with van der Waals surface area (Å²) in [5.41, 5.74) is 0.492. The van der Waals surface area contributed by atoms with Crippen molar-refractivity contribution in [3.05, 3.63) is 51.7 Å². The van der Waals surface area contributed by atoms with Crippen molar-refractivity contribution in [1.82, 2.24) is 4.90 Å². The van der Waals surface area contributed by atoms with Gasteiger partial charge in [-0.1, -0.05) is 0 Å². The van der Waals surface area contributed by atoms with E-state index in [2.05, 4.69) is 23.8 Å². The van der Waals surface area contributed by atoms with Crippen molar-refractivity contribution in [2.75, 3.05) is 6.54 Å². The number of halogens is 2. The van der Waals surface area contributed by atoms with Crippen molar-refractivity contribution in [2.45, 2.75) is 32.4 Å². The lowest BCUT2D eigenvalue weighted by molar-refractivity contribution is -0.0498. The van der Waals surface area contributed by atoms with Crippen LogP contribution < -0.4 is 4.74 Å². The minimum absolute atomic E-state index is 0.0587. The Morgan fingerprint density at radius 3 is 2.61 bits per heavy atom. The molecule has 1 aromatic carbocycles. The zero-order chi connectivity index (χ0) is 16.4. The number of carbonyl (C=O) groups excluding carboxylic acids is 1. The molecule has 1 saturated heterocycles. The normalized spacial score (nSPS) is 17.7. The summed E-state index contributed by atoms with van der Waals surface area (Å²) in [6.07, 6.45) is 1.93. The molecule has 23 heavy (non-hydrogen) atoms. The molecule has 2 aromatic rings. The van der Waals surface area contributed by atoms with Crippen molar-refractivity contribution in [3.8, 4) is 5.75 Å². The van der Waals surface area contributed by atoms with Crippen LogP contribution in [0.15, 0.2) is 36.4 Å². The summed E-state index contributed by atoms with van der Waals surface area (Å²) in [7, 11) is 0. The van der Waals surface area contributed by atoms with Crippen molar-refractivity contribution in [1.29, 1.82) is 0 Å². The number of ether oxygens (including phenoxy) is 1. The highest BCUT2D eigenvalue weighted by atomic mass is 32.1. The summed E-state index contributed by atoms with van der Waals surface area (Å²) in [5, 5.41) is 0. The van der Waals surface area contributed by atoms with Gasteiger partial charge in [0, 0.05) is 21.9 Å². The molecule has 1 amide bonds. The van der Waals surface area contributed by atoms with E-state index in [0.717, 1.165) is 19.4 Å². The third-order valence-corrected chi connectivity index (χ3v) is 5.03. The standard InChI is InChI=1S/C17H17F2NO2S/c1-11-4-9-15(23-11)14-3-2-10-20(14)16(21)12-5-7-13(8-6-12)22-17(18)19/h4-9,14,17H,2-3,10H2,1H3. The van der Waals surface area contributed by atoms with Crippen LogP contribution in [0.25, 0.3) is 0 Å². The molecule has 122 valence electrons. The molecule has 1 atom stereocenters. The fraction of sp³-hybridized carbons (Fsp3) is 0.353. The highest BCUT2D eigenvalue weighted by Gasteiger charge is 2.31. The van der Waals surface area contributed by atoms with Crippen LogP contribution in [0.2, 0.25) is 0 Å². The van der Waals surface area contributed by atoms with Crippen LogP contribution in [0, 0.1) is 6.92 Å². The molecule has 1 unspecified atom stereocenters. The zero-order valence-corrected chi connectivity index (χ0v) is 13.5. The summed E-state index contributed by atoms with van der Waals surface area (Å²) in [6.45, 7) is -0.0891. The molecule has 6 heteroatoms. The number of carbonyl (C=O) groups is 1. The molecule has 0 N–H and O–H groups in total. The number of aryl methyl sites for hydroxylation is 1. The Hall–Kier alpha value is -1.95. The van der Waals surface area contributed by atoms with Gasteiger partial charge in [0.1, 0.15) is 5.75 Å². The Morgan fingerprint density at radius 1 is 1.26 bits per heavy atom.